The summed E-state index contributed by atoms with van der Waals surface area (Å²) < 4.78 is 11.2. The lowest BCUT2D eigenvalue weighted by molar-refractivity contribution is -0.241. The third-order valence-corrected chi connectivity index (χ3v) is 4.00. The van der Waals surface area contributed by atoms with Crippen LogP contribution in [0.4, 0.5) is 0 Å². The first kappa shape index (κ1) is 17.9. The van der Waals surface area contributed by atoms with Crippen molar-refractivity contribution in [3.8, 4) is 0 Å². The number of unbranched alkanes of at least 4 members (excludes halogenated alkanes) is 5. The molecule has 0 saturated heterocycles. The Morgan fingerprint density at radius 2 is 1.50 bits per heavy atom. The summed E-state index contributed by atoms with van der Waals surface area (Å²) in [5, 5.41) is 0. The topological polar surface area (TPSA) is 44.5 Å². The second-order valence-corrected chi connectivity index (χ2v) is 5.06. The zero-order chi connectivity index (χ0) is 13.9. The van der Waals surface area contributed by atoms with Gasteiger partial charge in [0.2, 0.25) is 0 Å². The summed E-state index contributed by atoms with van der Waals surface area (Å²) >= 11 is 0. The molecular weight excluding hydrogens is 226 g/mol. The van der Waals surface area contributed by atoms with Crippen molar-refractivity contribution in [2.45, 2.75) is 71.0 Å². The van der Waals surface area contributed by atoms with Gasteiger partial charge in [-0.1, -0.05) is 52.4 Å². The van der Waals surface area contributed by atoms with Gasteiger partial charge in [0.05, 0.1) is 0 Å². The van der Waals surface area contributed by atoms with E-state index in [9.17, 15) is 0 Å². The molecular formula is C15H33NO2. The minimum atomic E-state index is -0.488. The molecule has 0 aliphatic carbocycles. The Balaban J connectivity index is 4.01. The Bertz CT molecular complexity index is 173. The number of nitrogens with two attached hydrogens (primary N) is 1. The van der Waals surface area contributed by atoms with Crippen molar-refractivity contribution < 1.29 is 9.47 Å². The Hall–Kier alpha value is -0.120. The average molecular weight is 259 g/mol. The number of ether oxygens (including phenoxy) is 2. The smallest absolute Gasteiger partial charge is 0.171 e. The number of methoxy groups -OCH3 is 2. The normalized spacial score (nSPS) is 13.8. The Morgan fingerprint density at radius 3 is 1.94 bits per heavy atom. The van der Waals surface area contributed by atoms with Crippen LogP contribution in [-0.2, 0) is 9.47 Å². The quantitative estimate of drug-likeness (QED) is 0.429. The van der Waals surface area contributed by atoms with Crippen molar-refractivity contribution in [1.29, 1.82) is 0 Å². The van der Waals surface area contributed by atoms with Crippen molar-refractivity contribution in [3.63, 3.8) is 0 Å². The van der Waals surface area contributed by atoms with Crippen LogP contribution < -0.4 is 5.73 Å². The molecule has 0 aromatic rings. The fourth-order valence-electron chi connectivity index (χ4n) is 2.68. The van der Waals surface area contributed by atoms with Crippen molar-refractivity contribution in [2.24, 2.45) is 11.7 Å². The van der Waals surface area contributed by atoms with Gasteiger partial charge in [0.1, 0.15) is 0 Å². The van der Waals surface area contributed by atoms with Crippen LogP contribution in [0.25, 0.3) is 0 Å². The summed E-state index contributed by atoms with van der Waals surface area (Å²) in [5.41, 5.74) is 5.89. The van der Waals surface area contributed by atoms with Crippen molar-refractivity contribution in [1.82, 2.24) is 0 Å². The van der Waals surface area contributed by atoms with Crippen LogP contribution in [0.2, 0.25) is 0 Å². The number of hydrogen-bond donors (Lipinski definition) is 1. The minimum absolute atomic E-state index is 0.295. The second-order valence-electron chi connectivity index (χ2n) is 5.06. The lowest BCUT2D eigenvalue weighted by Crippen LogP contribution is -2.45. The summed E-state index contributed by atoms with van der Waals surface area (Å²) in [4.78, 5) is 0. The van der Waals surface area contributed by atoms with Crippen molar-refractivity contribution >= 4 is 0 Å². The van der Waals surface area contributed by atoms with Crippen molar-refractivity contribution in [3.05, 3.63) is 0 Å². The molecule has 1 unspecified atom stereocenters. The predicted octanol–water partition coefficient (Wildman–Crippen LogP) is 3.71. The third-order valence-electron chi connectivity index (χ3n) is 4.00. The summed E-state index contributed by atoms with van der Waals surface area (Å²) in [5.74, 6) is -0.193. The molecule has 2 N–H and O–H groups in total. The summed E-state index contributed by atoms with van der Waals surface area (Å²) in [6, 6.07) is 0. The lowest BCUT2D eigenvalue weighted by atomic mass is 9.90. The minimum Gasteiger partial charge on any atom is -0.353 e. The molecule has 3 nitrogen and oxygen atoms in total. The van der Waals surface area contributed by atoms with Gasteiger partial charge in [-0.3, -0.25) is 0 Å². The maximum absolute atomic E-state index is 5.89. The fraction of sp³-hybridized carbons (Fsp3) is 1.00. The van der Waals surface area contributed by atoms with Gasteiger partial charge >= 0.3 is 0 Å². The molecule has 0 aliphatic rings. The van der Waals surface area contributed by atoms with Gasteiger partial charge in [-0.05, 0) is 12.8 Å². The SMILES string of the molecule is CCCCCCCCC(CN)C(CC)(OC)OC. The Morgan fingerprint density at radius 1 is 0.944 bits per heavy atom. The van der Waals surface area contributed by atoms with Gasteiger partial charge < -0.3 is 15.2 Å². The molecule has 0 aromatic carbocycles. The van der Waals surface area contributed by atoms with E-state index in [-0.39, 0.29) is 0 Å². The molecule has 0 aliphatic heterocycles. The first-order chi connectivity index (χ1) is 8.70. The molecule has 3 heteroatoms. The van der Waals surface area contributed by atoms with E-state index in [1.54, 1.807) is 14.2 Å². The largest absolute Gasteiger partial charge is 0.353 e. The standard InChI is InChI=1S/C15H33NO2/c1-5-7-8-9-10-11-12-14(13-16)15(6-2,17-3)18-4/h14H,5-13,16H2,1-4H3. The van der Waals surface area contributed by atoms with Crippen molar-refractivity contribution in [2.75, 3.05) is 20.8 Å². The van der Waals surface area contributed by atoms with Gasteiger partial charge in [0, 0.05) is 26.7 Å². The predicted molar refractivity (Wildman–Crippen MR) is 77.6 cm³/mol. The molecule has 0 fully saturated rings. The monoisotopic (exact) mass is 259 g/mol. The van der Waals surface area contributed by atoms with E-state index in [1.807, 2.05) is 0 Å². The van der Waals surface area contributed by atoms with Crippen LogP contribution >= 0.6 is 0 Å². The maximum atomic E-state index is 5.89. The zero-order valence-electron chi connectivity index (χ0n) is 12.8. The highest BCUT2D eigenvalue weighted by molar-refractivity contribution is 4.79. The van der Waals surface area contributed by atoms with E-state index >= 15 is 0 Å². The highest BCUT2D eigenvalue weighted by Gasteiger charge is 2.36. The molecule has 0 amide bonds. The first-order valence-electron chi connectivity index (χ1n) is 7.51. The summed E-state index contributed by atoms with van der Waals surface area (Å²) in [6.07, 6.45) is 9.81. The lowest BCUT2D eigenvalue weighted by Gasteiger charge is -2.37. The van der Waals surface area contributed by atoms with Crippen LogP contribution in [0, 0.1) is 5.92 Å². The van der Waals surface area contributed by atoms with Gasteiger partial charge in [0.25, 0.3) is 0 Å². The van der Waals surface area contributed by atoms with Crippen LogP contribution in [-0.4, -0.2) is 26.6 Å². The molecule has 1 atom stereocenters. The molecule has 0 heterocycles. The Labute approximate surface area is 113 Å². The van der Waals surface area contributed by atoms with E-state index in [0.717, 1.165) is 12.8 Å². The second kappa shape index (κ2) is 10.8. The molecule has 0 rings (SSSR count). The highest BCUT2D eigenvalue weighted by atomic mass is 16.7. The molecule has 0 bridgehead atoms. The maximum Gasteiger partial charge on any atom is 0.171 e. The van der Waals surface area contributed by atoms with E-state index in [4.69, 9.17) is 15.2 Å². The molecule has 0 saturated carbocycles. The molecule has 0 spiro atoms. The van der Waals surface area contributed by atoms with E-state index in [0.29, 0.717) is 12.5 Å². The highest BCUT2D eigenvalue weighted by Crippen LogP contribution is 2.30. The molecule has 0 aromatic heterocycles. The van der Waals surface area contributed by atoms with Crippen LogP contribution in [0.15, 0.2) is 0 Å². The first-order valence-corrected chi connectivity index (χ1v) is 7.51. The average Bonchev–Trinajstić information content (AvgIpc) is 2.42. The zero-order valence-corrected chi connectivity index (χ0v) is 12.8. The van der Waals surface area contributed by atoms with Crippen LogP contribution in [0.3, 0.4) is 0 Å². The van der Waals surface area contributed by atoms with Crippen LogP contribution in [0.1, 0.15) is 65.2 Å². The molecule has 18 heavy (non-hydrogen) atoms. The van der Waals surface area contributed by atoms with Gasteiger partial charge in [0.15, 0.2) is 5.79 Å². The van der Waals surface area contributed by atoms with E-state index in [2.05, 4.69) is 13.8 Å². The summed E-state index contributed by atoms with van der Waals surface area (Å²) in [6.45, 7) is 4.97. The molecule has 110 valence electrons. The van der Waals surface area contributed by atoms with Gasteiger partial charge in [-0.25, -0.2) is 0 Å². The van der Waals surface area contributed by atoms with E-state index < -0.39 is 5.79 Å². The van der Waals surface area contributed by atoms with Gasteiger partial charge in [-0.2, -0.15) is 0 Å². The third kappa shape index (κ3) is 5.68. The fourth-order valence-corrected chi connectivity index (χ4v) is 2.68. The Kier molecular flexibility index (Phi) is 10.7. The number of rotatable bonds is 12. The van der Waals surface area contributed by atoms with E-state index in [1.165, 1.54) is 38.5 Å². The van der Waals surface area contributed by atoms with Gasteiger partial charge in [-0.15, -0.1) is 0 Å². The summed E-state index contributed by atoms with van der Waals surface area (Å²) in [7, 11) is 3.44. The van der Waals surface area contributed by atoms with Crippen LogP contribution in [0.5, 0.6) is 0 Å². The number of hydrogen-bond acceptors (Lipinski definition) is 3. The molecule has 0 radical (unpaired) electrons.